The summed E-state index contributed by atoms with van der Waals surface area (Å²) in [5, 5.41) is 8.68. The van der Waals surface area contributed by atoms with Crippen LogP contribution in [0, 0.1) is 13.8 Å². The summed E-state index contributed by atoms with van der Waals surface area (Å²) >= 11 is 9.19. The van der Waals surface area contributed by atoms with Crippen LogP contribution in [0.4, 0.5) is 0 Å². The van der Waals surface area contributed by atoms with Crippen molar-refractivity contribution in [3.63, 3.8) is 0 Å². The Kier molecular flexibility index (Phi) is 10.3. The predicted molar refractivity (Wildman–Crippen MR) is 97.7 cm³/mol. The first kappa shape index (κ1) is 21.6. The molecule has 0 aliphatic heterocycles. The van der Waals surface area contributed by atoms with Gasteiger partial charge < -0.3 is 9.84 Å². The number of ether oxygens (including phenoxy) is 1. The summed E-state index contributed by atoms with van der Waals surface area (Å²) in [7, 11) is 0. The van der Waals surface area contributed by atoms with E-state index in [9.17, 15) is 4.79 Å². The summed E-state index contributed by atoms with van der Waals surface area (Å²) in [4.78, 5) is 20.8. The van der Waals surface area contributed by atoms with Gasteiger partial charge in [-0.3, -0.25) is 0 Å². The molecule has 0 aliphatic carbocycles. The Balaban J connectivity index is 0.000000397. The molecule has 2 heterocycles. The monoisotopic (exact) mass is 472 g/mol. The lowest BCUT2D eigenvalue weighted by molar-refractivity contribution is 0.0531. The van der Waals surface area contributed by atoms with Crippen LogP contribution in [-0.4, -0.2) is 27.7 Å². The fraction of sp³-hybridized carbons (Fsp3) is 0.462. The largest absolute Gasteiger partial charge is 0.462 e. The van der Waals surface area contributed by atoms with Gasteiger partial charge in [-0.05, 0) is 52.6 Å². The molecule has 0 fully saturated rings. The zero-order valence-electron chi connectivity index (χ0n) is 11.6. The molecule has 2 aromatic rings. The molecule has 0 radical (unpaired) electrons. The van der Waals surface area contributed by atoms with Crippen LogP contribution in [-0.2, 0) is 11.3 Å². The van der Waals surface area contributed by atoms with E-state index in [4.69, 9.17) is 9.84 Å². The first-order valence-corrected chi connectivity index (χ1v) is 9.13. The summed E-state index contributed by atoms with van der Waals surface area (Å²) in [6.45, 7) is 5.94. The van der Waals surface area contributed by atoms with Gasteiger partial charge in [0.15, 0.2) is 7.83 Å². The van der Waals surface area contributed by atoms with Crippen molar-refractivity contribution in [3.05, 3.63) is 29.0 Å². The molecular formula is C13H18Br2N2O3S2. The van der Waals surface area contributed by atoms with Crippen LogP contribution in [0.1, 0.15) is 40.3 Å². The van der Waals surface area contributed by atoms with Crippen LogP contribution in [0.3, 0.4) is 0 Å². The van der Waals surface area contributed by atoms with Gasteiger partial charge in [-0.15, -0.1) is 11.3 Å². The van der Waals surface area contributed by atoms with Crippen LogP contribution < -0.4 is 0 Å². The van der Waals surface area contributed by atoms with Gasteiger partial charge in [0.05, 0.1) is 29.5 Å². The van der Waals surface area contributed by atoms with Crippen LogP contribution in [0.15, 0.2) is 7.83 Å². The number of thiazole rings is 2. The maximum atomic E-state index is 11.2. The van der Waals surface area contributed by atoms with E-state index in [0.29, 0.717) is 21.1 Å². The van der Waals surface area contributed by atoms with Gasteiger partial charge in [-0.2, -0.15) is 0 Å². The van der Waals surface area contributed by atoms with Crippen LogP contribution in [0.25, 0.3) is 0 Å². The number of aryl methyl sites for hydroxylation is 2. The third-order valence-electron chi connectivity index (χ3n) is 2.24. The minimum atomic E-state index is -0.293. The molecule has 5 nitrogen and oxygen atoms in total. The lowest BCUT2D eigenvalue weighted by Gasteiger charge is -1.97. The first-order chi connectivity index (χ1) is 9.88. The molecule has 0 saturated carbocycles. The number of nitrogens with zero attached hydrogens (tertiary/aromatic N) is 2. The lowest BCUT2D eigenvalue weighted by Crippen LogP contribution is -2.03. The number of rotatable bonds is 3. The highest BCUT2D eigenvalue weighted by Crippen LogP contribution is 2.23. The van der Waals surface area contributed by atoms with Crippen molar-refractivity contribution < 1.29 is 14.6 Å². The van der Waals surface area contributed by atoms with Crippen LogP contribution >= 0.6 is 54.5 Å². The maximum Gasteiger partial charge on any atom is 0.350 e. The van der Waals surface area contributed by atoms with E-state index in [2.05, 4.69) is 41.8 Å². The van der Waals surface area contributed by atoms with Gasteiger partial charge >= 0.3 is 5.97 Å². The minimum Gasteiger partial charge on any atom is -0.462 e. The second kappa shape index (κ2) is 10.4. The van der Waals surface area contributed by atoms with E-state index in [1.54, 1.807) is 13.8 Å². The third-order valence-corrected chi connectivity index (χ3v) is 5.42. The molecule has 0 aromatic carbocycles. The van der Waals surface area contributed by atoms with Crippen molar-refractivity contribution in [2.24, 2.45) is 0 Å². The Morgan fingerprint density at radius 2 is 1.73 bits per heavy atom. The van der Waals surface area contributed by atoms with E-state index in [1.807, 2.05) is 6.92 Å². The molecular weight excluding hydrogens is 456 g/mol. The second-order valence-electron chi connectivity index (χ2n) is 3.74. The predicted octanol–water partition coefficient (Wildman–Crippen LogP) is 4.73. The molecule has 0 unspecified atom stereocenters. The number of esters is 1. The summed E-state index contributed by atoms with van der Waals surface area (Å²) < 4.78 is 6.38. The fourth-order valence-electron chi connectivity index (χ4n) is 1.29. The molecule has 1 N–H and O–H groups in total. The molecule has 9 heteroatoms. The quantitative estimate of drug-likeness (QED) is 0.652. The summed E-state index contributed by atoms with van der Waals surface area (Å²) in [5.41, 5.74) is 1.62. The average Bonchev–Trinajstić information content (AvgIpc) is 2.92. The first-order valence-electron chi connectivity index (χ1n) is 5.91. The van der Waals surface area contributed by atoms with E-state index >= 15 is 0 Å². The fourth-order valence-corrected chi connectivity index (χ4v) is 4.22. The van der Waals surface area contributed by atoms with Crippen molar-refractivity contribution in [2.75, 3.05) is 6.61 Å². The van der Waals surface area contributed by atoms with E-state index < -0.39 is 0 Å². The Morgan fingerprint density at radius 1 is 1.18 bits per heavy atom. The molecule has 0 amide bonds. The van der Waals surface area contributed by atoms with Gasteiger partial charge in [0.2, 0.25) is 0 Å². The van der Waals surface area contributed by atoms with E-state index in [1.165, 1.54) is 22.7 Å². The third kappa shape index (κ3) is 6.41. The van der Waals surface area contributed by atoms with E-state index in [-0.39, 0.29) is 20.0 Å². The SMILES string of the molecule is C.CCOC(=O)c1sc(Br)nc1C.Cc1nc(Br)sc1CO. The van der Waals surface area contributed by atoms with Gasteiger partial charge in [-0.25, -0.2) is 14.8 Å². The molecule has 0 spiro atoms. The number of aromatic nitrogens is 2. The van der Waals surface area contributed by atoms with Gasteiger partial charge in [-0.1, -0.05) is 18.8 Å². The number of hydrogen-bond donors (Lipinski definition) is 1. The Bertz CT molecular complexity index is 614. The van der Waals surface area contributed by atoms with Crippen molar-refractivity contribution in [2.45, 2.75) is 34.8 Å². The Labute approximate surface area is 155 Å². The smallest absolute Gasteiger partial charge is 0.350 e. The zero-order valence-corrected chi connectivity index (χ0v) is 16.4. The summed E-state index contributed by atoms with van der Waals surface area (Å²) in [6.07, 6.45) is 0. The second-order valence-corrected chi connectivity index (χ2v) is 8.37. The van der Waals surface area contributed by atoms with Gasteiger partial charge in [0, 0.05) is 0 Å². The van der Waals surface area contributed by atoms with Crippen LogP contribution in [0.5, 0.6) is 0 Å². The Hall–Kier alpha value is -0.350. The topological polar surface area (TPSA) is 72.3 Å². The number of halogens is 2. The zero-order chi connectivity index (χ0) is 16.0. The maximum absolute atomic E-state index is 11.2. The minimum absolute atomic E-state index is 0. The number of carbonyl (C=O) groups is 1. The standard InChI is InChI=1S/C7H8BrNO2S.C5H6BrNOS.CH4/c1-3-11-6(10)5-4(2)9-7(8)12-5;1-3-4(2-8)9-5(6)7-3;/h3H2,1-2H3;8H,2H2,1H3;1H4. The van der Waals surface area contributed by atoms with Crippen molar-refractivity contribution in [1.29, 1.82) is 0 Å². The van der Waals surface area contributed by atoms with Crippen molar-refractivity contribution in [1.82, 2.24) is 9.97 Å². The summed E-state index contributed by atoms with van der Waals surface area (Å²) in [5.74, 6) is -0.293. The molecule has 0 aliphatic rings. The number of aliphatic hydroxyl groups is 1. The number of carbonyl (C=O) groups excluding carboxylic acids is 1. The Morgan fingerprint density at radius 3 is 2.05 bits per heavy atom. The lowest BCUT2D eigenvalue weighted by atomic mass is 10.4. The molecule has 2 aromatic heterocycles. The number of aliphatic hydroxyl groups excluding tert-OH is 1. The van der Waals surface area contributed by atoms with E-state index in [0.717, 1.165) is 14.5 Å². The molecule has 0 saturated heterocycles. The van der Waals surface area contributed by atoms with Crippen LogP contribution in [0.2, 0.25) is 0 Å². The highest BCUT2D eigenvalue weighted by Gasteiger charge is 2.14. The highest BCUT2D eigenvalue weighted by atomic mass is 79.9. The molecule has 22 heavy (non-hydrogen) atoms. The highest BCUT2D eigenvalue weighted by molar-refractivity contribution is 9.11. The van der Waals surface area contributed by atoms with Gasteiger partial charge in [0.1, 0.15) is 4.88 Å². The normalized spacial score (nSPS) is 9.55. The summed E-state index contributed by atoms with van der Waals surface area (Å²) in [6, 6.07) is 0. The molecule has 0 bridgehead atoms. The van der Waals surface area contributed by atoms with Crippen molar-refractivity contribution >= 4 is 60.5 Å². The average molecular weight is 474 g/mol. The molecule has 124 valence electrons. The molecule has 0 atom stereocenters. The van der Waals surface area contributed by atoms with Crippen molar-refractivity contribution in [3.8, 4) is 0 Å². The number of hydrogen-bond acceptors (Lipinski definition) is 7. The molecule has 2 rings (SSSR count). The van der Waals surface area contributed by atoms with Gasteiger partial charge in [0.25, 0.3) is 0 Å².